The molecule has 1 saturated heterocycles. The Morgan fingerprint density at radius 1 is 1.15 bits per heavy atom. The number of benzene rings is 1. The Bertz CT molecular complexity index is 862. The zero-order valence-corrected chi connectivity index (χ0v) is 15.8. The topological polar surface area (TPSA) is 116 Å². The van der Waals surface area contributed by atoms with Crippen molar-refractivity contribution in [2.45, 2.75) is 18.9 Å². The van der Waals surface area contributed by atoms with Crippen LogP contribution in [0.5, 0.6) is 0 Å². The number of nitrogens with zero attached hydrogens (tertiary/aromatic N) is 2. The molecule has 0 spiro atoms. The molecule has 0 radical (unpaired) electrons. The SMILES string of the molecule is CS(=O)(=O)N1CCN(C(=O)CC[C@H]2NC(=O)c3ccccc3NC2=O)CC1. The first-order chi connectivity index (χ1) is 12.8. The van der Waals surface area contributed by atoms with Gasteiger partial charge in [0.15, 0.2) is 0 Å². The van der Waals surface area contributed by atoms with Gasteiger partial charge in [0, 0.05) is 32.6 Å². The zero-order valence-electron chi connectivity index (χ0n) is 15.0. The third-order valence-corrected chi connectivity index (χ3v) is 6.06. The van der Waals surface area contributed by atoms with Crippen molar-refractivity contribution in [2.24, 2.45) is 0 Å². The van der Waals surface area contributed by atoms with Crippen LogP contribution in [-0.4, -0.2) is 73.8 Å². The normalized spacial score (nSPS) is 21.1. The van der Waals surface area contributed by atoms with Crippen molar-refractivity contribution >= 4 is 33.4 Å². The van der Waals surface area contributed by atoms with Crippen LogP contribution in [0.15, 0.2) is 24.3 Å². The van der Waals surface area contributed by atoms with E-state index in [4.69, 9.17) is 0 Å². The first-order valence-corrected chi connectivity index (χ1v) is 10.5. The van der Waals surface area contributed by atoms with Gasteiger partial charge in [-0.25, -0.2) is 8.42 Å². The van der Waals surface area contributed by atoms with Crippen molar-refractivity contribution in [3.63, 3.8) is 0 Å². The lowest BCUT2D eigenvalue weighted by Gasteiger charge is -2.33. The molecular weight excluding hydrogens is 372 g/mol. The second-order valence-electron chi connectivity index (χ2n) is 6.64. The van der Waals surface area contributed by atoms with Gasteiger partial charge in [-0.1, -0.05) is 12.1 Å². The molecule has 0 unspecified atom stereocenters. The molecule has 9 nitrogen and oxygen atoms in total. The van der Waals surface area contributed by atoms with Crippen LogP contribution in [0.2, 0.25) is 0 Å². The molecule has 146 valence electrons. The number of carbonyl (C=O) groups is 3. The standard InChI is InChI=1S/C17H22N4O5S/c1-27(25,26)21-10-8-20(9-11-21)15(22)7-6-14-17(24)18-13-5-3-2-4-12(13)16(23)19-14/h2-5,14H,6-11H2,1H3,(H,18,24)(H,19,23)/t14-/m1/s1. The minimum Gasteiger partial charge on any atom is -0.340 e. The number of anilines is 1. The number of piperazine rings is 1. The van der Waals surface area contributed by atoms with E-state index in [1.807, 2.05) is 0 Å². The monoisotopic (exact) mass is 394 g/mol. The molecule has 1 aromatic rings. The number of hydrogen-bond donors (Lipinski definition) is 2. The average molecular weight is 394 g/mol. The fraction of sp³-hybridized carbons (Fsp3) is 0.471. The number of sulfonamides is 1. The van der Waals surface area contributed by atoms with Gasteiger partial charge >= 0.3 is 0 Å². The summed E-state index contributed by atoms with van der Waals surface area (Å²) in [6.07, 6.45) is 1.42. The van der Waals surface area contributed by atoms with E-state index in [1.165, 1.54) is 4.31 Å². The second-order valence-corrected chi connectivity index (χ2v) is 8.62. The summed E-state index contributed by atoms with van der Waals surface area (Å²) in [5, 5.41) is 5.37. The predicted molar refractivity (Wildman–Crippen MR) is 98.6 cm³/mol. The number of nitrogens with one attached hydrogen (secondary N) is 2. The zero-order chi connectivity index (χ0) is 19.6. The highest BCUT2D eigenvalue weighted by Gasteiger charge is 2.30. The van der Waals surface area contributed by atoms with Gasteiger partial charge in [-0.05, 0) is 18.6 Å². The molecule has 0 aromatic heterocycles. The lowest BCUT2D eigenvalue weighted by Crippen LogP contribution is -2.50. The molecule has 2 aliphatic rings. The average Bonchev–Trinajstić information content (AvgIpc) is 2.75. The van der Waals surface area contributed by atoms with Crippen LogP contribution in [-0.2, 0) is 19.6 Å². The van der Waals surface area contributed by atoms with E-state index in [-0.39, 0.29) is 43.7 Å². The lowest BCUT2D eigenvalue weighted by molar-refractivity contribution is -0.132. The van der Waals surface area contributed by atoms with Gasteiger partial charge in [0.1, 0.15) is 6.04 Å². The van der Waals surface area contributed by atoms with Crippen molar-refractivity contribution in [1.82, 2.24) is 14.5 Å². The number of fused-ring (bicyclic) bond motifs is 1. The molecule has 2 heterocycles. The summed E-state index contributed by atoms with van der Waals surface area (Å²) in [6, 6.07) is 5.92. The van der Waals surface area contributed by atoms with E-state index in [0.29, 0.717) is 24.3 Å². The molecule has 2 aliphatic heterocycles. The number of carbonyl (C=O) groups excluding carboxylic acids is 3. The molecule has 0 bridgehead atoms. The van der Waals surface area contributed by atoms with Gasteiger partial charge in [0.2, 0.25) is 21.8 Å². The Morgan fingerprint density at radius 3 is 2.48 bits per heavy atom. The number of rotatable bonds is 4. The maximum atomic E-state index is 12.4. The van der Waals surface area contributed by atoms with E-state index in [9.17, 15) is 22.8 Å². The minimum absolute atomic E-state index is 0.0909. The van der Waals surface area contributed by atoms with Crippen LogP contribution in [0.25, 0.3) is 0 Å². The molecule has 0 aliphatic carbocycles. The molecule has 2 N–H and O–H groups in total. The van der Waals surface area contributed by atoms with Crippen LogP contribution in [0.4, 0.5) is 5.69 Å². The van der Waals surface area contributed by atoms with Crippen LogP contribution < -0.4 is 10.6 Å². The van der Waals surface area contributed by atoms with Crippen LogP contribution in [0, 0.1) is 0 Å². The van der Waals surface area contributed by atoms with Crippen molar-refractivity contribution in [1.29, 1.82) is 0 Å². The van der Waals surface area contributed by atoms with Crippen molar-refractivity contribution in [3.05, 3.63) is 29.8 Å². The molecular formula is C17H22N4O5S. The summed E-state index contributed by atoms with van der Waals surface area (Å²) in [6.45, 7) is 1.17. The van der Waals surface area contributed by atoms with E-state index < -0.39 is 16.1 Å². The van der Waals surface area contributed by atoms with Crippen LogP contribution in [0.1, 0.15) is 23.2 Å². The predicted octanol–water partition coefficient (Wildman–Crippen LogP) is -0.379. The first-order valence-electron chi connectivity index (χ1n) is 8.69. The molecule has 1 aromatic carbocycles. The molecule has 3 rings (SSSR count). The fourth-order valence-corrected chi connectivity index (χ4v) is 4.04. The molecule has 27 heavy (non-hydrogen) atoms. The third kappa shape index (κ3) is 4.45. The summed E-state index contributed by atoms with van der Waals surface area (Å²) < 4.78 is 24.4. The van der Waals surface area contributed by atoms with Crippen molar-refractivity contribution in [3.8, 4) is 0 Å². The molecule has 1 fully saturated rings. The highest BCUT2D eigenvalue weighted by molar-refractivity contribution is 7.88. The molecule has 0 saturated carbocycles. The van der Waals surface area contributed by atoms with Gasteiger partial charge < -0.3 is 15.5 Å². The number of amides is 3. The summed E-state index contributed by atoms with van der Waals surface area (Å²) in [4.78, 5) is 38.6. The van der Waals surface area contributed by atoms with E-state index in [0.717, 1.165) is 6.26 Å². The van der Waals surface area contributed by atoms with Gasteiger partial charge in [-0.3, -0.25) is 14.4 Å². The fourth-order valence-electron chi connectivity index (χ4n) is 3.21. The Balaban J connectivity index is 1.55. The highest BCUT2D eigenvalue weighted by Crippen LogP contribution is 2.19. The second kappa shape index (κ2) is 7.65. The summed E-state index contributed by atoms with van der Waals surface area (Å²) in [5.41, 5.74) is 0.835. The number of hydrogen-bond acceptors (Lipinski definition) is 5. The summed E-state index contributed by atoms with van der Waals surface area (Å²) >= 11 is 0. The largest absolute Gasteiger partial charge is 0.340 e. The Morgan fingerprint density at radius 2 is 1.81 bits per heavy atom. The van der Waals surface area contributed by atoms with Crippen molar-refractivity contribution in [2.75, 3.05) is 37.8 Å². The van der Waals surface area contributed by atoms with Gasteiger partial charge in [-0.2, -0.15) is 4.31 Å². The van der Waals surface area contributed by atoms with E-state index >= 15 is 0 Å². The van der Waals surface area contributed by atoms with Crippen LogP contribution in [0.3, 0.4) is 0 Å². The quantitative estimate of drug-likeness (QED) is 0.722. The summed E-state index contributed by atoms with van der Waals surface area (Å²) in [7, 11) is -3.25. The highest BCUT2D eigenvalue weighted by atomic mass is 32.2. The van der Waals surface area contributed by atoms with Gasteiger partial charge in [0.25, 0.3) is 5.91 Å². The van der Waals surface area contributed by atoms with Gasteiger partial charge in [0.05, 0.1) is 17.5 Å². The number of para-hydroxylation sites is 1. The van der Waals surface area contributed by atoms with Crippen molar-refractivity contribution < 1.29 is 22.8 Å². The van der Waals surface area contributed by atoms with Crippen LogP contribution >= 0.6 is 0 Å². The smallest absolute Gasteiger partial charge is 0.254 e. The maximum Gasteiger partial charge on any atom is 0.254 e. The summed E-state index contributed by atoms with van der Waals surface area (Å²) in [5.74, 6) is -0.877. The van der Waals surface area contributed by atoms with E-state index in [2.05, 4.69) is 10.6 Å². The minimum atomic E-state index is -3.25. The molecule has 1 atom stereocenters. The molecule has 10 heteroatoms. The maximum absolute atomic E-state index is 12.4. The molecule has 3 amide bonds. The lowest BCUT2D eigenvalue weighted by atomic mass is 10.1. The van der Waals surface area contributed by atoms with E-state index in [1.54, 1.807) is 29.2 Å². The Labute approximate surface area is 157 Å². The third-order valence-electron chi connectivity index (χ3n) is 4.76. The van der Waals surface area contributed by atoms with Gasteiger partial charge in [-0.15, -0.1) is 0 Å². The first kappa shape index (κ1) is 19.3. The Hall–Kier alpha value is -2.46. The Kier molecular flexibility index (Phi) is 5.47.